The summed E-state index contributed by atoms with van der Waals surface area (Å²) in [4.78, 5) is 23.2. The average Bonchev–Trinajstić information content (AvgIpc) is 2.72. The topological polar surface area (TPSA) is 85.8 Å². The van der Waals surface area contributed by atoms with E-state index in [1.807, 2.05) is 6.07 Å². The first-order valence-electron chi connectivity index (χ1n) is 9.61. The molecule has 0 spiro atoms. The van der Waals surface area contributed by atoms with Gasteiger partial charge in [0.2, 0.25) is 5.91 Å². The summed E-state index contributed by atoms with van der Waals surface area (Å²) in [5.74, 6) is 2.35. The van der Waals surface area contributed by atoms with Crippen LogP contribution in [0.2, 0.25) is 0 Å². The molecule has 0 bridgehead atoms. The molecule has 2 aliphatic heterocycles. The largest absolute Gasteiger partial charge is 0.486 e. The van der Waals surface area contributed by atoms with Gasteiger partial charge in [0.15, 0.2) is 11.5 Å². The van der Waals surface area contributed by atoms with E-state index >= 15 is 0 Å². The lowest BCUT2D eigenvalue weighted by molar-refractivity contribution is -0.113. The molecule has 1 amide bonds. The maximum absolute atomic E-state index is 12.4. The minimum Gasteiger partial charge on any atom is -0.486 e. The summed E-state index contributed by atoms with van der Waals surface area (Å²) in [6, 6.07) is 7.31. The first kappa shape index (κ1) is 19.8. The minimum absolute atomic E-state index is 0.111. The molecule has 2 unspecified atom stereocenters. The van der Waals surface area contributed by atoms with Crippen LogP contribution in [0.15, 0.2) is 35.6 Å². The van der Waals surface area contributed by atoms with E-state index in [0.29, 0.717) is 30.4 Å². The van der Waals surface area contributed by atoms with Gasteiger partial charge in [0.05, 0.1) is 18.0 Å². The van der Waals surface area contributed by atoms with Crippen molar-refractivity contribution in [1.82, 2.24) is 9.97 Å². The second-order valence-electron chi connectivity index (χ2n) is 7.07. The summed E-state index contributed by atoms with van der Waals surface area (Å²) in [6.07, 6.45) is 1.85. The number of hydrogen-bond donors (Lipinski definition) is 1. The molecule has 3 heterocycles. The fraction of sp³-hybridized carbons (Fsp3) is 0.450. The third kappa shape index (κ3) is 5.10. The molecule has 1 fully saturated rings. The van der Waals surface area contributed by atoms with Gasteiger partial charge < -0.3 is 24.4 Å². The molecule has 1 N–H and O–H groups in total. The van der Waals surface area contributed by atoms with Gasteiger partial charge in [0, 0.05) is 30.9 Å². The fourth-order valence-corrected chi connectivity index (χ4v) is 4.07. The molecule has 1 aromatic heterocycles. The number of rotatable bonds is 5. The number of fused-ring (bicyclic) bond motifs is 1. The summed E-state index contributed by atoms with van der Waals surface area (Å²) < 4.78 is 16.8. The second-order valence-corrected chi connectivity index (χ2v) is 8.07. The van der Waals surface area contributed by atoms with Crippen molar-refractivity contribution in [2.45, 2.75) is 31.1 Å². The van der Waals surface area contributed by atoms with E-state index in [2.05, 4.69) is 34.0 Å². The van der Waals surface area contributed by atoms with Gasteiger partial charge in [0.25, 0.3) is 0 Å². The normalized spacial score (nSPS) is 21.0. The fourth-order valence-electron chi connectivity index (χ4n) is 3.40. The predicted octanol–water partition coefficient (Wildman–Crippen LogP) is 2.59. The van der Waals surface area contributed by atoms with Gasteiger partial charge >= 0.3 is 0 Å². The van der Waals surface area contributed by atoms with Crippen molar-refractivity contribution >= 4 is 29.2 Å². The molecule has 0 aliphatic carbocycles. The molecule has 4 rings (SSSR count). The lowest BCUT2D eigenvalue weighted by Gasteiger charge is -2.36. The number of nitrogens with zero attached hydrogens (tertiary/aromatic N) is 3. The molecule has 2 aliphatic rings. The van der Waals surface area contributed by atoms with Crippen LogP contribution in [-0.4, -0.2) is 60.1 Å². The highest BCUT2D eigenvalue weighted by Crippen LogP contribution is 2.32. The van der Waals surface area contributed by atoms with Gasteiger partial charge in [-0.05, 0) is 26.0 Å². The molecule has 9 heteroatoms. The standard InChI is InChI=1S/C20H24N4O4S/c1-13-9-24(10-14(2)28-13)18-8-20(22-12-21-18)29-11-19(25)23-15-3-4-16-17(7-15)27-6-5-26-16/h3-4,7-8,12-14H,5-6,9-11H2,1-2H3,(H,23,25). The Hall–Kier alpha value is -2.52. The molecule has 1 aromatic carbocycles. The van der Waals surface area contributed by atoms with Crippen molar-refractivity contribution < 1.29 is 19.0 Å². The van der Waals surface area contributed by atoms with Crippen LogP contribution in [-0.2, 0) is 9.53 Å². The lowest BCUT2D eigenvalue weighted by Crippen LogP contribution is -2.45. The molecular weight excluding hydrogens is 392 g/mol. The molecule has 0 saturated carbocycles. The monoisotopic (exact) mass is 416 g/mol. The van der Waals surface area contributed by atoms with Gasteiger partial charge in [0.1, 0.15) is 30.4 Å². The van der Waals surface area contributed by atoms with Crippen LogP contribution in [0.5, 0.6) is 11.5 Å². The first-order valence-corrected chi connectivity index (χ1v) is 10.6. The van der Waals surface area contributed by atoms with E-state index < -0.39 is 0 Å². The minimum atomic E-state index is -0.111. The Morgan fingerprint density at radius 3 is 2.69 bits per heavy atom. The summed E-state index contributed by atoms with van der Waals surface area (Å²) in [6.45, 7) is 6.74. The van der Waals surface area contributed by atoms with Crippen LogP contribution in [0, 0.1) is 0 Å². The van der Waals surface area contributed by atoms with Gasteiger partial charge in [-0.3, -0.25) is 4.79 Å². The molecule has 29 heavy (non-hydrogen) atoms. The van der Waals surface area contributed by atoms with Gasteiger partial charge in [-0.25, -0.2) is 9.97 Å². The van der Waals surface area contributed by atoms with Gasteiger partial charge in [-0.2, -0.15) is 0 Å². The van der Waals surface area contributed by atoms with Crippen LogP contribution in [0.4, 0.5) is 11.5 Å². The molecule has 2 aromatic rings. The Balaban J connectivity index is 1.33. The van der Waals surface area contributed by atoms with Crippen molar-refractivity contribution in [2.75, 3.05) is 42.3 Å². The predicted molar refractivity (Wildman–Crippen MR) is 111 cm³/mol. The Kier molecular flexibility index (Phi) is 6.05. The zero-order valence-corrected chi connectivity index (χ0v) is 17.3. The summed E-state index contributed by atoms with van der Waals surface area (Å²) in [5.41, 5.74) is 0.680. The number of benzene rings is 1. The van der Waals surface area contributed by atoms with Crippen LogP contribution in [0.25, 0.3) is 0 Å². The maximum Gasteiger partial charge on any atom is 0.234 e. The van der Waals surface area contributed by atoms with Crippen LogP contribution in [0.3, 0.4) is 0 Å². The summed E-state index contributed by atoms with van der Waals surface area (Å²) in [5, 5.41) is 3.65. The van der Waals surface area contributed by atoms with E-state index in [1.54, 1.807) is 24.5 Å². The molecule has 1 saturated heterocycles. The number of thioether (sulfide) groups is 1. The number of anilines is 2. The SMILES string of the molecule is CC1CN(c2cc(SCC(=O)Nc3ccc4c(c3)OCCO4)ncn2)CC(C)O1. The van der Waals surface area contributed by atoms with E-state index in [1.165, 1.54) is 11.8 Å². The number of ether oxygens (including phenoxy) is 3. The molecule has 0 radical (unpaired) electrons. The number of morpholine rings is 1. The Labute approximate surface area is 174 Å². The van der Waals surface area contributed by atoms with Crippen LogP contribution >= 0.6 is 11.8 Å². The number of hydrogen-bond acceptors (Lipinski definition) is 8. The van der Waals surface area contributed by atoms with E-state index in [9.17, 15) is 4.79 Å². The Morgan fingerprint density at radius 1 is 1.14 bits per heavy atom. The molecule has 2 atom stereocenters. The highest BCUT2D eigenvalue weighted by atomic mass is 32.2. The number of amides is 1. The van der Waals surface area contributed by atoms with Crippen molar-refractivity contribution in [3.63, 3.8) is 0 Å². The summed E-state index contributed by atoms with van der Waals surface area (Å²) >= 11 is 1.38. The number of carbonyl (C=O) groups excluding carboxylic acids is 1. The Bertz CT molecular complexity index is 871. The average molecular weight is 417 g/mol. The maximum atomic E-state index is 12.4. The Morgan fingerprint density at radius 2 is 1.90 bits per heavy atom. The van der Waals surface area contributed by atoms with E-state index in [-0.39, 0.29) is 23.9 Å². The zero-order valence-electron chi connectivity index (χ0n) is 16.5. The van der Waals surface area contributed by atoms with Gasteiger partial charge in [-0.15, -0.1) is 0 Å². The van der Waals surface area contributed by atoms with Crippen molar-refractivity contribution in [3.05, 3.63) is 30.6 Å². The van der Waals surface area contributed by atoms with Crippen molar-refractivity contribution in [3.8, 4) is 11.5 Å². The summed E-state index contributed by atoms with van der Waals surface area (Å²) in [7, 11) is 0. The van der Waals surface area contributed by atoms with E-state index in [0.717, 1.165) is 23.9 Å². The number of aromatic nitrogens is 2. The first-order chi connectivity index (χ1) is 14.1. The molecule has 154 valence electrons. The quantitative estimate of drug-likeness (QED) is 0.588. The van der Waals surface area contributed by atoms with Crippen LogP contribution < -0.4 is 19.7 Å². The smallest absolute Gasteiger partial charge is 0.234 e. The van der Waals surface area contributed by atoms with Crippen molar-refractivity contribution in [1.29, 1.82) is 0 Å². The van der Waals surface area contributed by atoms with Crippen molar-refractivity contribution in [2.24, 2.45) is 0 Å². The lowest BCUT2D eigenvalue weighted by atomic mass is 10.2. The third-order valence-electron chi connectivity index (χ3n) is 4.55. The number of carbonyl (C=O) groups is 1. The third-order valence-corrected chi connectivity index (χ3v) is 5.47. The highest BCUT2D eigenvalue weighted by Gasteiger charge is 2.23. The highest BCUT2D eigenvalue weighted by molar-refractivity contribution is 7.99. The van der Waals surface area contributed by atoms with E-state index in [4.69, 9.17) is 14.2 Å². The number of nitrogens with one attached hydrogen (secondary N) is 1. The molecular formula is C20H24N4O4S. The van der Waals surface area contributed by atoms with Gasteiger partial charge in [-0.1, -0.05) is 11.8 Å². The van der Waals surface area contributed by atoms with Crippen LogP contribution in [0.1, 0.15) is 13.8 Å². The zero-order chi connectivity index (χ0) is 20.2. The molecule has 8 nitrogen and oxygen atoms in total. The second kappa shape index (κ2) is 8.87.